The first-order valence-corrected chi connectivity index (χ1v) is 11.1. The van der Waals surface area contributed by atoms with E-state index in [1.54, 1.807) is 24.9 Å². The van der Waals surface area contributed by atoms with Gasteiger partial charge in [-0.3, -0.25) is 4.68 Å². The van der Waals surface area contributed by atoms with Crippen LogP contribution in [-0.4, -0.2) is 49.9 Å². The molecule has 7 nitrogen and oxygen atoms in total. The van der Waals surface area contributed by atoms with Gasteiger partial charge in [0.1, 0.15) is 5.65 Å². The normalized spacial score (nSPS) is 12.6. The van der Waals surface area contributed by atoms with Gasteiger partial charge in [-0.05, 0) is 52.2 Å². The molecule has 0 saturated carbocycles. The molecule has 0 bridgehead atoms. The average Bonchev–Trinajstić information content (AvgIpc) is 3.31. The van der Waals surface area contributed by atoms with E-state index in [1.807, 2.05) is 48.6 Å². The predicted octanol–water partition coefficient (Wildman–Crippen LogP) is 4.06. The predicted molar refractivity (Wildman–Crippen MR) is 126 cm³/mol. The van der Waals surface area contributed by atoms with E-state index in [1.165, 1.54) is 6.07 Å². The summed E-state index contributed by atoms with van der Waals surface area (Å²) in [5.74, 6) is -2.15. The first kappa shape index (κ1) is 23.8. The topological polar surface area (TPSA) is 67.8 Å². The maximum atomic E-state index is 14.9. The number of aliphatic hydroxyl groups excluding tert-OH is 1. The Morgan fingerprint density at radius 1 is 1.18 bits per heavy atom. The second-order valence-corrected chi connectivity index (χ2v) is 8.72. The van der Waals surface area contributed by atoms with Gasteiger partial charge in [-0.2, -0.15) is 9.49 Å². The van der Waals surface area contributed by atoms with Crippen LogP contribution in [0, 0.1) is 18.6 Å². The van der Waals surface area contributed by atoms with E-state index in [9.17, 15) is 13.9 Å². The van der Waals surface area contributed by atoms with Gasteiger partial charge in [0.05, 0.1) is 30.3 Å². The van der Waals surface area contributed by atoms with Crippen molar-refractivity contribution in [3.63, 3.8) is 0 Å². The van der Waals surface area contributed by atoms with Gasteiger partial charge < -0.3 is 19.1 Å². The third kappa shape index (κ3) is 4.53. The Kier molecular flexibility index (Phi) is 6.67. The lowest BCUT2D eigenvalue weighted by Crippen LogP contribution is -2.12. The van der Waals surface area contributed by atoms with E-state index in [2.05, 4.69) is 10.1 Å². The third-order valence-corrected chi connectivity index (χ3v) is 5.90. The quantitative estimate of drug-likeness (QED) is 0.422. The second kappa shape index (κ2) is 9.52. The van der Waals surface area contributed by atoms with Crippen LogP contribution in [0.25, 0.3) is 16.8 Å². The summed E-state index contributed by atoms with van der Waals surface area (Å²) >= 11 is 0. The maximum absolute atomic E-state index is 14.9. The molecule has 1 atom stereocenters. The van der Waals surface area contributed by atoms with Gasteiger partial charge in [0.25, 0.3) is 0 Å². The van der Waals surface area contributed by atoms with Gasteiger partial charge >= 0.3 is 0 Å². The smallest absolute Gasteiger partial charge is 0.201 e. The number of halogens is 2. The SMILES string of the molecule is Cc1c(CCOc2c(-c3ccc4ncc(CN(C)C)n4c3)ccc(F)c2F)c(C(C)O)nn1C. The number of benzene rings is 1. The van der Waals surface area contributed by atoms with Gasteiger partial charge in [-0.15, -0.1) is 0 Å². The molecule has 4 aromatic rings. The van der Waals surface area contributed by atoms with Crippen LogP contribution in [-0.2, 0) is 20.0 Å². The van der Waals surface area contributed by atoms with Gasteiger partial charge in [-0.25, -0.2) is 9.37 Å². The number of ether oxygens (including phenoxy) is 1. The Balaban J connectivity index is 1.66. The Morgan fingerprint density at radius 3 is 2.65 bits per heavy atom. The van der Waals surface area contributed by atoms with Crippen molar-refractivity contribution in [1.29, 1.82) is 0 Å². The lowest BCUT2D eigenvalue weighted by Gasteiger charge is -2.15. The Labute approximate surface area is 197 Å². The van der Waals surface area contributed by atoms with Crippen LogP contribution in [0.5, 0.6) is 5.75 Å². The fourth-order valence-corrected chi connectivity index (χ4v) is 4.11. The summed E-state index contributed by atoms with van der Waals surface area (Å²) in [7, 11) is 5.74. The highest BCUT2D eigenvalue weighted by Crippen LogP contribution is 2.34. The molecule has 1 N–H and O–H groups in total. The van der Waals surface area contributed by atoms with Crippen LogP contribution < -0.4 is 4.74 Å². The molecule has 0 aliphatic rings. The lowest BCUT2D eigenvalue weighted by molar-refractivity contribution is 0.191. The number of hydrogen-bond acceptors (Lipinski definition) is 5. The summed E-state index contributed by atoms with van der Waals surface area (Å²) in [6.07, 6.45) is 3.31. The van der Waals surface area contributed by atoms with Crippen LogP contribution in [0.1, 0.15) is 35.7 Å². The van der Waals surface area contributed by atoms with Crippen molar-refractivity contribution in [2.75, 3.05) is 20.7 Å². The number of pyridine rings is 1. The molecule has 0 radical (unpaired) electrons. The summed E-state index contributed by atoms with van der Waals surface area (Å²) < 4.78 is 38.5. The molecule has 1 aromatic carbocycles. The van der Waals surface area contributed by atoms with E-state index in [-0.39, 0.29) is 12.4 Å². The standard InChI is InChI=1S/C25H29F2N5O2/c1-15-19(24(16(2)33)29-31(15)5)10-11-34-25-20(7-8-21(26)23(25)27)17-6-9-22-28-12-18(14-30(3)4)32(22)13-17/h6-9,12-13,16,33H,10-11,14H2,1-5H3. The van der Waals surface area contributed by atoms with Crippen molar-refractivity contribution in [3.8, 4) is 16.9 Å². The summed E-state index contributed by atoms with van der Waals surface area (Å²) in [6.45, 7) is 4.32. The van der Waals surface area contributed by atoms with Crippen LogP contribution in [0.15, 0.2) is 36.7 Å². The van der Waals surface area contributed by atoms with Crippen LogP contribution in [0.3, 0.4) is 0 Å². The van der Waals surface area contributed by atoms with Crippen LogP contribution in [0.2, 0.25) is 0 Å². The van der Waals surface area contributed by atoms with E-state index in [0.29, 0.717) is 29.8 Å². The molecule has 0 saturated heterocycles. The monoisotopic (exact) mass is 469 g/mol. The summed E-state index contributed by atoms with van der Waals surface area (Å²) in [4.78, 5) is 6.45. The molecule has 0 fully saturated rings. The molecule has 180 valence electrons. The van der Waals surface area contributed by atoms with Crippen molar-refractivity contribution in [2.24, 2.45) is 7.05 Å². The molecule has 3 aromatic heterocycles. The Hall–Kier alpha value is -3.30. The fraction of sp³-hybridized carbons (Fsp3) is 0.360. The molecule has 34 heavy (non-hydrogen) atoms. The minimum Gasteiger partial charge on any atom is -0.489 e. The van der Waals surface area contributed by atoms with Crippen LogP contribution >= 0.6 is 0 Å². The zero-order valence-corrected chi connectivity index (χ0v) is 20.0. The molecular formula is C25H29F2N5O2. The lowest BCUT2D eigenvalue weighted by atomic mass is 10.1. The zero-order valence-electron chi connectivity index (χ0n) is 20.0. The van der Waals surface area contributed by atoms with Gasteiger partial charge in [-0.1, -0.05) is 0 Å². The summed E-state index contributed by atoms with van der Waals surface area (Å²) in [6, 6.07) is 6.28. The number of rotatable bonds is 8. The minimum absolute atomic E-state index is 0.0961. The Bertz CT molecular complexity index is 1330. The second-order valence-electron chi connectivity index (χ2n) is 8.72. The number of fused-ring (bicyclic) bond motifs is 1. The highest BCUT2D eigenvalue weighted by atomic mass is 19.2. The van der Waals surface area contributed by atoms with Gasteiger partial charge in [0.15, 0.2) is 11.6 Å². The maximum Gasteiger partial charge on any atom is 0.201 e. The Morgan fingerprint density at radius 2 is 1.94 bits per heavy atom. The summed E-state index contributed by atoms with van der Waals surface area (Å²) in [5.41, 5.74) is 5.16. The first-order valence-electron chi connectivity index (χ1n) is 11.1. The number of aryl methyl sites for hydroxylation is 1. The third-order valence-electron chi connectivity index (χ3n) is 5.90. The highest BCUT2D eigenvalue weighted by molar-refractivity contribution is 5.71. The van der Waals surface area contributed by atoms with Crippen molar-refractivity contribution >= 4 is 5.65 Å². The molecule has 3 heterocycles. The van der Waals surface area contributed by atoms with Crippen LogP contribution in [0.4, 0.5) is 8.78 Å². The van der Waals surface area contributed by atoms with E-state index in [4.69, 9.17) is 4.74 Å². The van der Waals surface area contributed by atoms with E-state index < -0.39 is 17.7 Å². The molecule has 0 aliphatic carbocycles. The molecule has 0 amide bonds. The molecule has 4 rings (SSSR count). The first-order chi connectivity index (χ1) is 16.2. The van der Waals surface area contributed by atoms with Crippen molar-refractivity contribution in [2.45, 2.75) is 32.9 Å². The number of nitrogens with zero attached hydrogens (tertiary/aromatic N) is 5. The molecule has 1 unspecified atom stereocenters. The highest BCUT2D eigenvalue weighted by Gasteiger charge is 2.20. The number of aromatic nitrogens is 4. The largest absolute Gasteiger partial charge is 0.489 e. The summed E-state index contributed by atoms with van der Waals surface area (Å²) in [5, 5.41) is 14.4. The van der Waals surface area contributed by atoms with Crippen molar-refractivity contribution < 1.29 is 18.6 Å². The average molecular weight is 470 g/mol. The molecular weight excluding hydrogens is 440 g/mol. The number of imidazole rings is 1. The van der Waals surface area contributed by atoms with Crippen molar-refractivity contribution in [3.05, 3.63) is 70.9 Å². The molecule has 0 spiro atoms. The minimum atomic E-state index is -1.03. The zero-order chi connectivity index (χ0) is 24.6. The fourth-order valence-electron chi connectivity index (χ4n) is 4.11. The van der Waals surface area contributed by atoms with Crippen molar-refractivity contribution in [1.82, 2.24) is 24.1 Å². The van der Waals surface area contributed by atoms with E-state index in [0.717, 1.165) is 28.7 Å². The van der Waals surface area contributed by atoms with E-state index >= 15 is 0 Å². The molecule has 9 heteroatoms. The number of aliphatic hydroxyl groups is 1. The number of hydrogen-bond donors (Lipinski definition) is 1. The van der Waals surface area contributed by atoms with Gasteiger partial charge in [0, 0.05) is 48.6 Å². The molecule has 0 aliphatic heterocycles. The van der Waals surface area contributed by atoms with Gasteiger partial charge in [0.2, 0.25) is 5.82 Å².